The fraction of sp³-hybridized carbons (Fsp3) is 0.0667. The first-order valence-corrected chi connectivity index (χ1v) is 11.8. The molecular weight excluding hydrogens is 476 g/mol. The van der Waals surface area contributed by atoms with Gasteiger partial charge < -0.3 is 15.2 Å². The van der Waals surface area contributed by atoms with Crippen LogP contribution in [0.4, 0.5) is 5.82 Å². The molecule has 6 aromatic rings. The van der Waals surface area contributed by atoms with Crippen LogP contribution in [0.3, 0.4) is 0 Å². The van der Waals surface area contributed by atoms with E-state index in [9.17, 15) is 10.5 Å². The molecule has 0 saturated heterocycles. The van der Waals surface area contributed by atoms with Crippen LogP contribution in [-0.2, 0) is 0 Å². The van der Waals surface area contributed by atoms with E-state index >= 15 is 0 Å². The SMILES string of the molecule is COc1ccc(Oc2nc3ccccc3cc2-c2c(C#N)c(N)n3c(nc4cc(C)ccc43)c2C#N)cc1. The Morgan fingerprint density at radius 2 is 1.58 bits per heavy atom. The predicted octanol–water partition coefficient (Wildman–Crippen LogP) is 6.14. The largest absolute Gasteiger partial charge is 0.497 e. The number of nitrogens with zero attached hydrogens (tertiary/aromatic N) is 5. The topological polar surface area (TPSA) is 122 Å². The summed E-state index contributed by atoms with van der Waals surface area (Å²) in [5.74, 6) is 1.62. The number of hydrogen-bond donors (Lipinski definition) is 1. The third kappa shape index (κ3) is 3.52. The van der Waals surface area contributed by atoms with E-state index in [1.807, 2.05) is 55.5 Å². The molecular formula is C30H20N6O2. The molecule has 0 amide bonds. The Labute approximate surface area is 217 Å². The van der Waals surface area contributed by atoms with Crippen LogP contribution in [0.15, 0.2) is 72.8 Å². The average Bonchev–Trinajstić information content (AvgIpc) is 3.31. The quantitative estimate of drug-likeness (QED) is 0.311. The number of hydrogen-bond acceptors (Lipinski definition) is 7. The van der Waals surface area contributed by atoms with Crippen molar-refractivity contribution in [3.63, 3.8) is 0 Å². The molecule has 0 unspecified atom stereocenters. The second kappa shape index (κ2) is 8.81. The first-order valence-electron chi connectivity index (χ1n) is 11.8. The molecule has 8 heteroatoms. The summed E-state index contributed by atoms with van der Waals surface area (Å²) < 4.78 is 13.2. The fourth-order valence-electron chi connectivity index (χ4n) is 4.68. The fourth-order valence-corrected chi connectivity index (χ4v) is 4.68. The van der Waals surface area contributed by atoms with Crippen molar-refractivity contribution < 1.29 is 9.47 Å². The zero-order valence-corrected chi connectivity index (χ0v) is 20.6. The predicted molar refractivity (Wildman–Crippen MR) is 145 cm³/mol. The van der Waals surface area contributed by atoms with Crippen molar-refractivity contribution in [3.05, 3.63) is 89.5 Å². The van der Waals surface area contributed by atoms with E-state index < -0.39 is 0 Å². The number of ether oxygens (including phenoxy) is 2. The van der Waals surface area contributed by atoms with Crippen molar-refractivity contribution in [2.45, 2.75) is 6.92 Å². The number of para-hydroxylation sites is 1. The highest BCUT2D eigenvalue weighted by Gasteiger charge is 2.26. The Hall–Kier alpha value is -5.60. The summed E-state index contributed by atoms with van der Waals surface area (Å²) in [5.41, 5.74) is 11.2. The summed E-state index contributed by atoms with van der Waals surface area (Å²) >= 11 is 0. The maximum atomic E-state index is 10.4. The number of aryl methyl sites for hydroxylation is 1. The number of aromatic nitrogens is 3. The minimum atomic E-state index is 0.144. The minimum Gasteiger partial charge on any atom is -0.497 e. The molecule has 2 N–H and O–H groups in total. The van der Waals surface area contributed by atoms with Crippen LogP contribution in [0.25, 0.3) is 38.7 Å². The summed E-state index contributed by atoms with van der Waals surface area (Å²) in [6.07, 6.45) is 0. The maximum Gasteiger partial charge on any atom is 0.227 e. The first-order chi connectivity index (χ1) is 18.5. The molecule has 0 aliphatic carbocycles. The van der Waals surface area contributed by atoms with E-state index in [1.165, 1.54) is 0 Å². The molecule has 3 aromatic heterocycles. The van der Waals surface area contributed by atoms with Gasteiger partial charge in [0.05, 0.1) is 23.7 Å². The minimum absolute atomic E-state index is 0.144. The number of methoxy groups -OCH3 is 1. The number of pyridine rings is 2. The van der Waals surface area contributed by atoms with Gasteiger partial charge in [-0.3, -0.25) is 4.40 Å². The van der Waals surface area contributed by atoms with Gasteiger partial charge in [0.2, 0.25) is 5.88 Å². The molecule has 6 rings (SSSR count). The molecule has 3 heterocycles. The molecule has 0 spiro atoms. The maximum absolute atomic E-state index is 10.4. The van der Waals surface area contributed by atoms with Gasteiger partial charge in [-0.1, -0.05) is 24.3 Å². The standard InChI is InChI=1S/C30H20N6O2/c1-17-7-12-26-25(13-17)34-29-23(16-32)27(22(15-31)28(33)36(26)29)21-14-18-5-3-4-6-24(18)35-30(21)38-20-10-8-19(37-2)9-11-20/h3-14H,33H2,1-2H3. The van der Waals surface area contributed by atoms with Gasteiger partial charge in [0.15, 0.2) is 5.65 Å². The van der Waals surface area contributed by atoms with Gasteiger partial charge in [0.1, 0.15) is 40.6 Å². The molecule has 8 nitrogen and oxygen atoms in total. The molecule has 38 heavy (non-hydrogen) atoms. The van der Waals surface area contributed by atoms with E-state index in [0.717, 1.165) is 10.9 Å². The number of fused-ring (bicyclic) bond motifs is 4. The van der Waals surface area contributed by atoms with Crippen molar-refractivity contribution >= 4 is 33.4 Å². The zero-order valence-electron chi connectivity index (χ0n) is 20.6. The first kappa shape index (κ1) is 22.8. The zero-order chi connectivity index (χ0) is 26.4. The van der Waals surface area contributed by atoms with Gasteiger partial charge in [-0.25, -0.2) is 9.97 Å². The van der Waals surface area contributed by atoms with Gasteiger partial charge in [-0.2, -0.15) is 10.5 Å². The van der Waals surface area contributed by atoms with E-state index in [0.29, 0.717) is 44.8 Å². The van der Waals surface area contributed by atoms with Gasteiger partial charge in [-0.15, -0.1) is 0 Å². The highest BCUT2D eigenvalue weighted by atomic mass is 16.5. The Bertz CT molecular complexity index is 1980. The van der Waals surface area contributed by atoms with Crippen LogP contribution < -0.4 is 15.2 Å². The number of benzene rings is 3. The molecule has 3 aromatic carbocycles. The Kier molecular flexibility index (Phi) is 5.29. The van der Waals surface area contributed by atoms with Crippen LogP contribution in [0, 0.1) is 29.6 Å². The highest BCUT2D eigenvalue weighted by Crippen LogP contribution is 2.42. The monoisotopic (exact) mass is 496 g/mol. The molecule has 0 bridgehead atoms. The normalized spacial score (nSPS) is 10.9. The third-order valence-corrected chi connectivity index (χ3v) is 6.49. The second-order valence-electron chi connectivity index (χ2n) is 8.81. The molecule has 0 aliphatic rings. The summed E-state index contributed by atoms with van der Waals surface area (Å²) in [6, 6.07) is 26.8. The Morgan fingerprint density at radius 1 is 0.842 bits per heavy atom. The highest BCUT2D eigenvalue weighted by molar-refractivity contribution is 5.96. The van der Waals surface area contributed by atoms with Crippen LogP contribution in [0.1, 0.15) is 16.7 Å². The average molecular weight is 497 g/mol. The Balaban J connectivity index is 1.69. The molecule has 0 atom stereocenters. The molecule has 182 valence electrons. The van der Waals surface area contributed by atoms with Crippen LogP contribution in [0.2, 0.25) is 0 Å². The van der Waals surface area contributed by atoms with Crippen LogP contribution >= 0.6 is 0 Å². The number of rotatable bonds is 4. The lowest BCUT2D eigenvalue weighted by Crippen LogP contribution is -2.06. The van der Waals surface area contributed by atoms with Crippen molar-refractivity contribution in [2.24, 2.45) is 0 Å². The lowest BCUT2D eigenvalue weighted by atomic mass is 9.95. The van der Waals surface area contributed by atoms with E-state index in [4.69, 9.17) is 25.2 Å². The summed E-state index contributed by atoms with van der Waals surface area (Å²) in [7, 11) is 1.59. The number of imidazole rings is 1. The second-order valence-corrected chi connectivity index (χ2v) is 8.81. The summed E-state index contributed by atoms with van der Waals surface area (Å²) in [4.78, 5) is 9.50. The van der Waals surface area contributed by atoms with Crippen molar-refractivity contribution in [1.82, 2.24) is 14.4 Å². The molecule has 0 saturated carbocycles. The Morgan fingerprint density at radius 3 is 2.32 bits per heavy atom. The van der Waals surface area contributed by atoms with Gasteiger partial charge in [-0.05, 0) is 61.0 Å². The van der Waals surface area contributed by atoms with E-state index in [-0.39, 0.29) is 22.8 Å². The lowest BCUT2D eigenvalue weighted by Gasteiger charge is -2.16. The molecule has 0 radical (unpaired) electrons. The third-order valence-electron chi connectivity index (χ3n) is 6.49. The summed E-state index contributed by atoms with van der Waals surface area (Å²) in [5, 5.41) is 21.5. The lowest BCUT2D eigenvalue weighted by molar-refractivity contribution is 0.412. The molecule has 0 fully saturated rings. The number of anilines is 1. The van der Waals surface area contributed by atoms with E-state index in [2.05, 4.69) is 12.1 Å². The van der Waals surface area contributed by atoms with Gasteiger partial charge in [0, 0.05) is 16.5 Å². The van der Waals surface area contributed by atoms with E-state index in [1.54, 1.807) is 35.8 Å². The van der Waals surface area contributed by atoms with Gasteiger partial charge >= 0.3 is 0 Å². The van der Waals surface area contributed by atoms with Crippen LogP contribution in [-0.4, -0.2) is 21.5 Å². The summed E-state index contributed by atoms with van der Waals surface area (Å²) in [6.45, 7) is 1.97. The van der Waals surface area contributed by atoms with Crippen LogP contribution in [0.5, 0.6) is 17.4 Å². The number of nitriles is 2. The van der Waals surface area contributed by atoms with Gasteiger partial charge in [0.25, 0.3) is 0 Å². The number of nitrogens with two attached hydrogens (primary N) is 1. The van der Waals surface area contributed by atoms with Crippen molar-refractivity contribution in [1.29, 1.82) is 10.5 Å². The number of nitrogen functional groups attached to an aromatic ring is 1. The van der Waals surface area contributed by atoms with Crippen molar-refractivity contribution in [3.8, 4) is 40.6 Å². The smallest absolute Gasteiger partial charge is 0.227 e. The molecule has 0 aliphatic heterocycles. The van der Waals surface area contributed by atoms with Crippen molar-refractivity contribution in [2.75, 3.05) is 12.8 Å².